The number of benzene rings is 1. The lowest BCUT2D eigenvalue weighted by atomic mass is 10.0. The Morgan fingerprint density at radius 1 is 1.35 bits per heavy atom. The Morgan fingerprint density at radius 2 is 2.12 bits per heavy atom. The van der Waals surface area contributed by atoms with E-state index in [1.54, 1.807) is 25.1 Å². The summed E-state index contributed by atoms with van der Waals surface area (Å²) in [5, 5.41) is 8.08. The smallest absolute Gasteiger partial charge is 0.339 e. The Kier molecular flexibility index (Phi) is 9.57. The molecule has 0 radical (unpaired) electrons. The summed E-state index contributed by atoms with van der Waals surface area (Å²) in [4.78, 5) is 11.7. The van der Waals surface area contributed by atoms with E-state index in [1.807, 2.05) is 0 Å². The highest BCUT2D eigenvalue weighted by molar-refractivity contribution is 7.99. The van der Waals surface area contributed by atoms with Gasteiger partial charge in [0, 0.05) is 17.5 Å². The quantitative estimate of drug-likeness (QED) is 0.344. The van der Waals surface area contributed by atoms with Crippen LogP contribution in [0.4, 0.5) is 5.69 Å². The van der Waals surface area contributed by atoms with Crippen LogP contribution in [0.25, 0.3) is 0 Å². The first-order chi connectivity index (χ1) is 12.6. The normalized spacial score (nSPS) is 14.7. The number of ether oxygens (including phenoxy) is 1. The van der Waals surface area contributed by atoms with E-state index in [4.69, 9.17) is 28.6 Å². The minimum Gasteiger partial charge on any atom is -0.462 e. The fraction of sp³-hybridized carbons (Fsp3) is 0.579. The summed E-state index contributed by atoms with van der Waals surface area (Å²) in [6.45, 7) is 2.93. The second-order valence-corrected chi connectivity index (χ2v) is 8.50. The molecule has 1 fully saturated rings. The summed E-state index contributed by atoms with van der Waals surface area (Å²) in [6.07, 6.45) is 8.03. The van der Waals surface area contributed by atoms with Gasteiger partial charge in [-0.3, -0.25) is 0 Å². The molecule has 7 heteroatoms. The van der Waals surface area contributed by atoms with Gasteiger partial charge >= 0.3 is 5.97 Å². The second-order valence-electron chi connectivity index (χ2n) is 6.28. The number of nitrogens with one attached hydrogen (secondary N) is 2. The van der Waals surface area contributed by atoms with E-state index >= 15 is 0 Å². The number of halogens is 1. The number of carbonyl (C=O) groups excluding carboxylic acids is 1. The lowest BCUT2D eigenvalue weighted by molar-refractivity contribution is 0.0526. The van der Waals surface area contributed by atoms with Crippen molar-refractivity contribution < 1.29 is 9.53 Å². The van der Waals surface area contributed by atoms with Gasteiger partial charge in [0.2, 0.25) is 0 Å². The van der Waals surface area contributed by atoms with E-state index in [2.05, 4.69) is 22.4 Å². The Labute approximate surface area is 170 Å². The molecule has 1 saturated carbocycles. The third-order valence-corrected chi connectivity index (χ3v) is 6.26. The Hall–Kier alpha value is -0.980. The number of thioether (sulfide) groups is 1. The molecular weight excluding hydrogens is 388 g/mol. The lowest BCUT2D eigenvalue weighted by Crippen LogP contribution is -2.29. The molecule has 0 amide bonds. The Bertz CT molecular complexity index is 607. The maximum absolute atomic E-state index is 11.7. The van der Waals surface area contributed by atoms with Crippen LogP contribution < -0.4 is 10.6 Å². The average Bonchev–Trinajstić information content (AvgIpc) is 2.62. The van der Waals surface area contributed by atoms with Crippen molar-refractivity contribution in [3.8, 4) is 0 Å². The number of thiocarbonyl (C=S) groups is 1. The second kappa shape index (κ2) is 11.7. The predicted octanol–water partition coefficient (Wildman–Crippen LogP) is 5.26. The van der Waals surface area contributed by atoms with Crippen molar-refractivity contribution in [1.82, 2.24) is 5.32 Å². The molecule has 0 aliphatic heterocycles. The molecule has 0 spiro atoms. The number of hydrogen-bond donors (Lipinski definition) is 2. The molecule has 0 atom stereocenters. The molecule has 0 saturated heterocycles. The molecule has 4 nitrogen and oxygen atoms in total. The molecule has 1 aliphatic rings. The van der Waals surface area contributed by atoms with Crippen LogP contribution in [0.3, 0.4) is 0 Å². The van der Waals surface area contributed by atoms with Gasteiger partial charge in [-0.25, -0.2) is 4.79 Å². The van der Waals surface area contributed by atoms with E-state index in [9.17, 15) is 4.79 Å². The summed E-state index contributed by atoms with van der Waals surface area (Å²) >= 11 is 13.6. The number of carbonyl (C=O) groups is 1. The molecule has 144 valence electrons. The number of rotatable bonds is 8. The zero-order valence-electron chi connectivity index (χ0n) is 15.2. The van der Waals surface area contributed by atoms with Crippen LogP contribution in [0.2, 0.25) is 5.02 Å². The molecule has 1 aliphatic carbocycles. The van der Waals surface area contributed by atoms with Crippen molar-refractivity contribution in [3.05, 3.63) is 28.8 Å². The van der Waals surface area contributed by atoms with E-state index in [0.29, 0.717) is 22.3 Å². The molecule has 0 bridgehead atoms. The third-order valence-electron chi connectivity index (χ3n) is 4.23. The van der Waals surface area contributed by atoms with Crippen LogP contribution >= 0.6 is 35.6 Å². The molecule has 26 heavy (non-hydrogen) atoms. The maximum atomic E-state index is 11.7. The predicted molar refractivity (Wildman–Crippen MR) is 116 cm³/mol. The van der Waals surface area contributed by atoms with Crippen molar-refractivity contribution in [2.45, 2.75) is 50.7 Å². The van der Waals surface area contributed by atoms with Gasteiger partial charge in [-0.05, 0) is 62.4 Å². The summed E-state index contributed by atoms with van der Waals surface area (Å²) in [7, 11) is 0. The van der Waals surface area contributed by atoms with Gasteiger partial charge in [0.15, 0.2) is 5.11 Å². The molecule has 0 unspecified atom stereocenters. The largest absolute Gasteiger partial charge is 0.462 e. The van der Waals surface area contributed by atoms with Crippen molar-refractivity contribution in [3.63, 3.8) is 0 Å². The van der Waals surface area contributed by atoms with E-state index < -0.39 is 5.97 Å². The molecule has 0 heterocycles. The molecule has 0 aromatic heterocycles. The van der Waals surface area contributed by atoms with Crippen molar-refractivity contribution in [2.75, 3.05) is 24.2 Å². The zero-order chi connectivity index (χ0) is 18.8. The van der Waals surface area contributed by atoms with Crippen LogP contribution in [-0.4, -0.2) is 35.2 Å². The first-order valence-electron chi connectivity index (χ1n) is 9.23. The minimum absolute atomic E-state index is 0.322. The fourth-order valence-corrected chi connectivity index (χ4v) is 4.69. The van der Waals surface area contributed by atoms with Crippen LogP contribution in [-0.2, 0) is 4.74 Å². The van der Waals surface area contributed by atoms with Crippen LogP contribution in [0, 0.1) is 0 Å². The first kappa shape index (κ1) is 21.3. The topological polar surface area (TPSA) is 50.4 Å². The van der Waals surface area contributed by atoms with Gasteiger partial charge in [-0.15, -0.1) is 0 Å². The van der Waals surface area contributed by atoms with E-state index in [-0.39, 0.29) is 0 Å². The van der Waals surface area contributed by atoms with Crippen molar-refractivity contribution in [2.24, 2.45) is 0 Å². The molecule has 2 rings (SSSR count). The van der Waals surface area contributed by atoms with Crippen molar-refractivity contribution in [1.29, 1.82) is 0 Å². The van der Waals surface area contributed by atoms with Gasteiger partial charge in [0.1, 0.15) is 0 Å². The molecule has 1 aromatic rings. The number of hydrogen-bond acceptors (Lipinski definition) is 4. The number of esters is 1. The standard InChI is InChI=1S/C19H27ClN2O2S2/c1-2-24-18(23)16-10-9-14(13-17(16)20)22-19(25)21-11-6-12-26-15-7-4-3-5-8-15/h9-10,13,15H,2-8,11-12H2,1H3,(H2,21,22,25). The van der Waals surface area contributed by atoms with Gasteiger partial charge in [-0.2, -0.15) is 11.8 Å². The Morgan fingerprint density at radius 3 is 2.81 bits per heavy atom. The molecule has 2 N–H and O–H groups in total. The van der Waals surface area contributed by atoms with Crippen LogP contribution in [0.5, 0.6) is 0 Å². The summed E-state index contributed by atoms with van der Waals surface area (Å²) in [5.74, 6) is 0.751. The summed E-state index contributed by atoms with van der Waals surface area (Å²) < 4.78 is 4.97. The van der Waals surface area contributed by atoms with Crippen molar-refractivity contribution >= 4 is 52.3 Å². The van der Waals surface area contributed by atoms with Gasteiger partial charge in [0.05, 0.1) is 17.2 Å². The first-order valence-corrected chi connectivity index (χ1v) is 11.1. The molecular formula is C19H27ClN2O2S2. The highest BCUT2D eigenvalue weighted by Crippen LogP contribution is 2.28. The van der Waals surface area contributed by atoms with Crippen LogP contribution in [0.1, 0.15) is 55.8 Å². The van der Waals surface area contributed by atoms with Gasteiger partial charge in [0.25, 0.3) is 0 Å². The van der Waals surface area contributed by atoms with Crippen LogP contribution in [0.15, 0.2) is 18.2 Å². The van der Waals surface area contributed by atoms with E-state index in [0.717, 1.165) is 23.9 Å². The van der Waals surface area contributed by atoms with Gasteiger partial charge in [-0.1, -0.05) is 30.9 Å². The number of anilines is 1. The average molecular weight is 415 g/mol. The highest BCUT2D eigenvalue weighted by atomic mass is 35.5. The summed E-state index contributed by atoms with van der Waals surface area (Å²) in [6, 6.07) is 5.10. The lowest BCUT2D eigenvalue weighted by Gasteiger charge is -2.20. The van der Waals surface area contributed by atoms with Gasteiger partial charge < -0.3 is 15.4 Å². The maximum Gasteiger partial charge on any atom is 0.339 e. The zero-order valence-corrected chi connectivity index (χ0v) is 17.6. The SMILES string of the molecule is CCOC(=O)c1ccc(NC(=S)NCCCSC2CCCCC2)cc1Cl. The summed E-state index contributed by atoms with van der Waals surface area (Å²) in [5.41, 5.74) is 1.11. The highest BCUT2D eigenvalue weighted by Gasteiger charge is 2.13. The monoisotopic (exact) mass is 414 g/mol. The Balaban J connectivity index is 1.67. The van der Waals surface area contributed by atoms with E-state index in [1.165, 1.54) is 37.9 Å². The molecule has 1 aromatic carbocycles. The minimum atomic E-state index is -0.416. The fourth-order valence-electron chi connectivity index (χ4n) is 2.90. The third kappa shape index (κ3) is 7.33.